The lowest BCUT2D eigenvalue weighted by Crippen LogP contribution is -2.38. The minimum Gasteiger partial charge on any atom is -0.495 e. The Morgan fingerprint density at radius 2 is 1.84 bits per heavy atom. The summed E-state index contributed by atoms with van der Waals surface area (Å²) in [5.74, 6) is -0.569. The van der Waals surface area contributed by atoms with Crippen LogP contribution >= 0.6 is 0 Å². The van der Waals surface area contributed by atoms with Gasteiger partial charge >= 0.3 is 0 Å². The molecule has 2 rings (SSSR count). The summed E-state index contributed by atoms with van der Waals surface area (Å²) in [6, 6.07) is 11.6. The van der Waals surface area contributed by atoms with Crippen LogP contribution in [-0.4, -0.2) is 46.2 Å². The summed E-state index contributed by atoms with van der Waals surface area (Å²) in [5, 5.41) is 5.52. The molecule has 2 N–H and O–H groups in total. The van der Waals surface area contributed by atoms with Gasteiger partial charge < -0.3 is 15.4 Å². The van der Waals surface area contributed by atoms with Gasteiger partial charge in [-0.15, -0.1) is 0 Å². The lowest BCUT2D eigenvalue weighted by Gasteiger charge is -2.24. The topological polar surface area (TPSA) is 105 Å². The number of hydrogen-bond donors (Lipinski definition) is 2. The summed E-state index contributed by atoms with van der Waals surface area (Å²) in [5.41, 5.74) is 1.69. The molecule has 0 saturated heterocycles. The number of para-hydroxylation sites is 1. The molecule has 0 fully saturated rings. The minimum atomic E-state index is -3.79. The molecule has 9 heteroatoms. The zero-order valence-electron chi connectivity index (χ0n) is 18.4. The number of methoxy groups -OCH3 is 1. The number of amides is 2. The van der Waals surface area contributed by atoms with Gasteiger partial charge in [-0.05, 0) is 50.1 Å². The molecule has 0 unspecified atom stereocenters. The van der Waals surface area contributed by atoms with Crippen molar-refractivity contribution in [3.05, 3.63) is 53.6 Å². The van der Waals surface area contributed by atoms with E-state index in [0.29, 0.717) is 17.0 Å². The van der Waals surface area contributed by atoms with Crippen LogP contribution in [-0.2, 0) is 14.8 Å². The van der Waals surface area contributed by atoms with Crippen LogP contribution in [0, 0.1) is 6.92 Å². The molecule has 1 atom stereocenters. The van der Waals surface area contributed by atoms with Gasteiger partial charge in [0.2, 0.25) is 15.9 Å². The van der Waals surface area contributed by atoms with Gasteiger partial charge in [0.15, 0.2) is 0 Å². The maximum atomic E-state index is 12.8. The summed E-state index contributed by atoms with van der Waals surface area (Å²) < 4.78 is 31.2. The van der Waals surface area contributed by atoms with E-state index in [-0.39, 0.29) is 17.6 Å². The number of benzene rings is 2. The van der Waals surface area contributed by atoms with Crippen molar-refractivity contribution in [3.8, 4) is 5.75 Å². The fourth-order valence-electron chi connectivity index (χ4n) is 2.89. The second kappa shape index (κ2) is 10.3. The van der Waals surface area contributed by atoms with Crippen LogP contribution in [0.4, 0.5) is 11.4 Å². The Kier molecular flexibility index (Phi) is 8.04. The molecule has 2 amide bonds. The van der Waals surface area contributed by atoms with Gasteiger partial charge in [-0.2, -0.15) is 0 Å². The van der Waals surface area contributed by atoms with Crippen LogP contribution in [0.25, 0.3) is 0 Å². The second-order valence-corrected chi connectivity index (χ2v) is 9.23. The van der Waals surface area contributed by atoms with Crippen LogP contribution in [0.2, 0.25) is 0 Å². The number of carbonyl (C=O) groups is 2. The summed E-state index contributed by atoms with van der Waals surface area (Å²) >= 11 is 0. The lowest BCUT2D eigenvalue weighted by atomic mass is 10.1. The molecule has 2 aromatic carbocycles. The van der Waals surface area contributed by atoms with E-state index in [1.54, 1.807) is 42.5 Å². The van der Waals surface area contributed by atoms with Gasteiger partial charge in [0.05, 0.1) is 30.3 Å². The number of hydrogen-bond acceptors (Lipinski definition) is 5. The third-order valence-electron chi connectivity index (χ3n) is 4.73. The average molecular weight is 448 g/mol. The Balaban J connectivity index is 2.30. The molecular weight excluding hydrogens is 418 g/mol. The minimum absolute atomic E-state index is 0.0224. The Labute approximate surface area is 183 Å². The van der Waals surface area contributed by atoms with Crippen molar-refractivity contribution >= 4 is 33.2 Å². The van der Waals surface area contributed by atoms with Gasteiger partial charge in [0.1, 0.15) is 12.3 Å². The number of sulfonamides is 1. The Hall–Kier alpha value is -3.07. The van der Waals surface area contributed by atoms with Crippen LogP contribution in [0.1, 0.15) is 36.2 Å². The van der Waals surface area contributed by atoms with Crippen LogP contribution in [0.5, 0.6) is 5.75 Å². The number of aryl methyl sites for hydroxylation is 1. The number of nitrogens with zero attached hydrogens (tertiary/aromatic N) is 1. The first-order valence-corrected chi connectivity index (χ1v) is 11.7. The van der Waals surface area contributed by atoms with E-state index in [9.17, 15) is 18.0 Å². The monoisotopic (exact) mass is 447 g/mol. The predicted molar refractivity (Wildman–Crippen MR) is 122 cm³/mol. The van der Waals surface area contributed by atoms with E-state index < -0.39 is 22.5 Å². The summed E-state index contributed by atoms with van der Waals surface area (Å²) in [7, 11) is -2.36. The van der Waals surface area contributed by atoms with Crippen LogP contribution in [0.3, 0.4) is 0 Å². The number of ether oxygens (including phenoxy) is 1. The fraction of sp³-hybridized carbons (Fsp3) is 0.364. The highest BCUT2D eigenvalue weighted by molar-refractivity contribution is 7.92. The smallest absolute Gasteiger partial charge is 0.253 e. The van der Waals surface area contributed by atoms with Gasteiger partial charge in [-0.25, -0.2) is 8.42 Å². The highest BCUT2D eigenvalue weighted by Gasteiger charge is 2.25. The molecule has 2 aromatic rings. The number of rotatable bonds is 9. The van der Waals surface area contributed by atoms with E-state index in [4.69, 9.17) is 4.74 Å². The normalized spacial score (nSPS) is 12.0. The van der Waals surface area contributed by atoms with Gasteiger partial charge in [0.25, 0.3) is 5.91 Å². The first kappa shape index (κ1) is 24.2. The largest absolute Gasteiger partial charge is 0.495 e. The van der Waals surface area contributed by atoms with Crippen LogP contribution in [0.15, 0.2) is 42.5 Å². The highest BCUT2D eigenvalue weighted by atomic mass is 32.2. The molecule has 168 valence electrons. The molecule has 31 heavy (non-hydrogen) atoms. The quantitative estimate of drug-likeness (QED) is 0.615. The first-order valence-electron chi connectivity index (χ1n) is 9.88. The number of carbonyl (C=O) groups excluding carboxylic acids is 2. The standard InChI is InChI=1S/C22H29N3O5S/c1-6-16(3)23-22(27)17-9-7-8-10-18(17)24-21(26)14-25(31(5,28)29)19-13-15(2)11-12-20(19)30-4/h7-13,16H,6,14H2,1-5H3,(H,23,27)(H,24,26)/t16-/m1/s1. The van der Waals surface area contributed by atoms with Crippen molar-refractivity contribution in [2.75, 3.05) is 29.5 Å². The molecular formula is C22H29N3O5S. The maximum absolute atomic E-state index is 12.8. The van der Waals surface area contributed by atoms with Crippen molar-refractivity contribution in [2.24, 2.45) is 0 Å². The van der Waals surface area contributed by atoms with Crippen molar-refractivity contribution in [1.29, 1.82) is 0 Å². The van der Waals surface area contributed by atoms with Gasteiger partial charge in [-0.3, -0.25) is 13.9 Å². The highest BCUT2D eigenvalue weighted by Crippen LogP contribution is 2.31. The molecule has 8 nitrogen and oxygen atoms in total. The molecule has 0 saturated carbocycles. The van der Waals surface area contributed by atoms with Crippen molar-refractivity contribution < 1.29 is 22.7 Å². The van der Waals surface area contributed by atoms with E-state index in [1.165, 1.54) is 7.11 Å². The fourth-order valence-corrected chi connectivity index (χ4v) is 3.74. The summed E-state index contributed by atoms with van der Waals surface area (Å²) in [6.07, 6.45) is 1.79. The molecule has 0 spiro atoms. The molecule has 0 aliphatic carbocycles. The number of anilines is 2. The van der Waals surface area contributed by atoms with Gasteiger partial charge in [-0.1, -0.05) is 25.1 Å². The van der Waals surface area contributed by atoms with E-state index in [1.807, 2.05) is 20.8 Å². The van der Waals surface area contributed by atoms with E-state index in [0.717, 1.165) is 22.5 Å². The molecule has 0 heterocycles. The third kappa shape index (κ3) is 6.45. The second-order valence-electron chi connectivity index (χ2n) is 7.32. The zero-order chi connectivity index (χ0) is 23.2. The van der Waals surface area contributed by atoms with E-state index in [2.05, 4.69) is 10.6 Å². The Bertz CT molecular complexity index is 1050. The van der Waals surface area contributed by atoms with Crippen LogP contribution < -0.4 is 19.7 Å². The van der Waals surface area contributed by atoms with Crippen molar-refractivity contribution in [2.45, 2.75) is 33.2 Å². The Morgan fingerprint density at radius 1 is 1.16 bits per heavy atom. The first-order chi connectivity index (χ1) is 14.6. The zero-order valence-corrected chi connectivity index (χ0v) is 19.2. The average Bonchev–Trinajstić information content (AvgIpc) is 2.71. The molecule has 0 aliphatic rings. The summed E-state index contributed by atoms with van der Waals surface area (Å²) in [4.78, 5) is 25.3. The van der Waals surface area contributed by atoms with Gasteiger partial charge in [0, 0.05) is 6.04 Å². The van der Waals surface area contributed by atoms with Crippen molar-refractivity contribution in [3.63, 3.8) is 0 Å². The number of nitrogens with one attached hydrogen (secondary N) is 2. The molecule has 0 aromatic heterocycles. The predicted octanol–water partition coefficient (Wildman–Crippen LogP) is 2.94. The summed E-state index contributed by atoms with van der Waals surface area (Å²) in [6.45, 7) is 5.19. The van der Waals surface area contributed by atoms with E-state index >= 15 is 0 Å². The third-order valence-corrected chi connectivity index (χ3v) is 5.85. The maximum Gasteiger partial charge on any atom is 0.253 e. The van der Waals surface area contributed by atoms with Crippen molar-refractivity contribution in [1.82, 2.24) is 5.32 Å². The molecule has 0 aliphatic heterocycles. The molecule has 0 radical (unpaired) electrons. The SMILES string of the molecule is CC[C@@H](C)NC(=O)c1ccccc1NC(=O)CN(c1cc(C)ccc1OC)S(C)(=O)=O. The lowest BCUT2D eigenvalue weighted by molar-refractivity contribution is -0.114. The molecule has 0 bridgehead atoms. The Morgan fingerprint density at radius 3 is 2.45 bits per heavy atom.